The second-order valence-electron chi connectivity index (χ2n) is 7.75. The lowest BCUT2D eigenvalue weighted by Crippen LogP contribution is -2.37. The molecule has 2 rings (SSSR count). The first-order chi connectivity index (χ1) is 14.2. The minimum absolute atomic E-state index is 0.280. The zero-order valence-corrected chi connectivity index (χ0v) is 18.3. The highest BCUT2D eigenvalue weighted by molar-refractivity contribution is 5.43. The lowest BCUT2D eigenvalue weighted by molar-refractivity contribution is 0.0645. The van der Waals surface area contributed by atoms with E-state index in [1.165, 1.54) is 32.1 Å². The maximum Gasteiger partial charge on any atom is 0.161 e. The number of likely N-dealkylation sites (tertiary alicyclic amines) is 1. The number of aliphatic hydroxyl groups is 1. The molecule has 1 aromatic carbocycles. The van der Waals surface area contributed by atoms with Crippen molar-refractivity contribution >= 4 is 0 Å². The predicted molar refractivity (Wildman–Crippen MR) is 117 cm³/mol. The predicted octanol–water partition coefficient (Wildman–Crippen LogP) is 3.22. The first-order valence-corrected chi connectivity index (χ1v) is 11.2. The molecule has 0 aromatic heterocycles. The molecule has 0 amide bonds. The molecular weight excluding hydrogens is 368 g/mol. The Balaban J connectivity index is 1.74. The van der Waals surface area contributed by atoms with Crippen molar-refractivity contribution in [2.24, 2.45) is 0 Å². The van der Waals surface area contributed by atoms with E-state index in [1.807, 2.05) is 25.1 Å². The lowest BCUT2D eigenvalue weighted by Gasteiger charge is -2.26. The molecule has 6 heteroatoms. The highest BCUT2D eigenvalue weighted by Gasteiger charge is 2.15. The summed E-state index contributed by atoms with van der Waals surface area (Å²) in [7, 11) is 1.65. The number of β-amino-alcohol motifs (C(OH)–C–C–N with tert-alkyl or cyclic N) is 1. The fourth-order valence-electron chi connectivity index (χ4n) is 3.65. The van der Waals surface area contributed by atoms with E-state index in [1.54, 1.807) is 7.11 Å². The van der Waals surface area contributed by atoms with Gasteiger partial charge in [-0.05, 0) is 63.5 Å². The van der Waals surface area contributed by atoms with E-state index < -0.39 is 6.10 Å². The van der Waals surface area contributed by atoms with Crippen molar-refractivity contribution in [3.8, 4) is 11.5 Å². The molecule has 1 aromatic rings. The van der Waals surface area contributed by atoms with Gasteiger partial charge in [-0.25, -0.2) is 0 Å². The summed E-state index contributed by atoms with van der Waals surface area (Å²) in [6, 6.07) is 5.96. The number of nitrogens with one attached hydrogen (secondary N) is 1. The van der Waals surface area contributed by atoms with Crippen molar-refractivity contribution < 1.29 is 19.3 Å². The van der Waals surface area contributed by atoms with Crippen LogP contribution in [-0.2, 0) is 11.3 Å². The van der Waals surface area contributed by atoms with Crippen LogP contribution in [0, 0.1) is 0 Å². The molecule has 2 N–H and O–H groups in total. The first kappa shape index (κ1) is 23.9. The van der Waals surface area contributed by atoms with Crippen LogP contribution in [0.25, 0.3) is 0 Å². The fourth-order valence-corrected chi connectivity index (χ4v) is 3.65. The second kappa shape index (κ2) is 14.6. The van der Waals surface area contributed by atoms with Crippen LogP contribution in [0.4, 0.5) is 0 Å². The summed E-state index contributed by atoms with van der Waals surface area (Å²) in [5, 5.41) is 13.8. The van der Waals surface area contributed by atoms with E-state index >= 15 is 0 Å². The number of rotatable bonds is 13. The Bertz CT molecular complexity index is 548. The summed E-state index contributed by atoms with van der Waals surface area (Å²) in [6.45, 7) is 8.38. The van der Waals surface area contributed by atoms with Gasteiger partial charge in [-0.2, -0.15) is 0 Å². The number of aliphatic hydroxyl groups excluding tert-OH is 1. The monoisotopic (exact) mass is 408 g/mol. The van der Waals surface area contributed by atoms with Gasteiger partial charge in [0.25, 0.3) is 0 Å². The number of hydrogen-bond donors (Lipinski definition) is 2. The molecule has 0 saturated carbocycles. The molecule has 1 aliphatic heterocycles. The Morgan fingerprint density at radius 3 is 2.59 bits per heavy atom. The smallest absolute Gasteiger partial charge is 0.161 e. The maximum atomic E-state index is 10.4. The third-order valence-corrected chi connectivity index (χ3v) is 5.25. The van der Waals surface area contributed by atoms with Crippen molar-refractivity contribution in [2.45, 2.75) is 58.1 Å². The number of hydrogen-bond acceptors (Lipinski definition) is 6. The third-order valence-electron chi connectivity index (χ3n) is 5.25. The van der Waals surface area contributed by atoms with Crippen LogP contribution in [0.5, 0.6) is 11.5 Å². The summed E-state index contributed by atoms with van der Waals surface area (Å²) >= 11 is 0. The van der Waals surface area contributed by atoms with Crippen LogP contribution in [0.3, 0.4) is 0 Å². The number of methoxy groups -OCH3 is 1. The molecule has 1 atom stereocenters. The SMILES string of the molecule is CCOCCCNCc1ccc(OC[C@@H](O)CN2CCCCCCC2)c(OC)c1. The number of ether oxygens (including phenoxy) is 3. The van der Waals surface area contributed by atoms with Crippen LogP contribution in [0.2, 0.25) is 0 Å². The van der Waals surface area contributed by atoms with Crippen molar-refractivity contribution in [3.63, 3.8) is 0 Å². The molecule has 1 fully saturated rings. The van der Waals surface area contributed by atoms with Gasteiger partial charge in [0.15, 0.2) is 11.5 Å². The van der Waals surface area contributed by atoms with E-state index in [0.717, 1.165) is 51.4 Å². The van der Waals surface area contributed by atoms with Gasteiger partial charge in [-0.15, -0.1) is 0 Å². The number of benzene rings is 1. The Hall–Kier alpha value is -1.34. The molecule has 166 valence electrons. The highest BCUT2D eigenvalue weighted by Crippen LogP contribution is 2.28. The van der Waals surface area contributed by atoms with Crippen molar-refractivity contribution in [1.82, 2.24) is 10.2 Å². The molecule has 1 aliphatic rings. The Labute approximate surface area is 176 Å². The Morgan fingerprint density at radius 2 is 1.86 bits per heavy atom. The molecule has 0 bridgehead atoms. The number of nitrogens with zero attached hydrogens (tertiary/aromatic N) is 1. The summed E-state index contributed by atoms with van der Waals surface area (Å²) in [4.78, 5) is 2.37. The molecule has 0 unspecified atom stereocenters. The largest absolute Gasteiger partial charge is 0.493 e. The van der Waals surface area contributed by atoms with Gasteiger partial charge in [-0.1, -0.05) is 25.3 Å². The molecule has 0 spiro atoms. The summed E-state index contributed by atoms with van der Waals surface area (Å²) in [5.74, 6) is 1.39. The van der Waals surface area contributed by atoms with Crippen LogP contribution in [0.15, 0.2) is 18.2 Å². The zero-order valence-electron chi connectivity index (χ0n) is 18.3. The molecular formula is C23H40N2O4. The van der Waals surface area contributed by atoms with Gasteiger partial charge < -0.3 is 29.5 Å². The second-order valence-corrected chi connectivity index (χ2v) is 7.75. The van der Waals surface area contributed by atoms with Crippen LogP contribution in [-0.4, -0.2) is 69.2 Å². The average Bonchev–Trinajstić information content (AvgIpc) is 2.71. The molecule has 6 nitrogen and oxygen atoms in total. The normalized spacial score (nSPS) is 16.8. The molecule has 29 heavy (non-hydrogen) atoms. The van der Waals surface area contributed by atoms with Crippen molar-refractivity contribution in [3.05, 3.63) is 23.8 Å². The topological polar surface area (TPSA) is 63.2 Å². The van der Waals surface area contributed by atoms with Gasteiger partial charge in [0, 0.05) is 26.3 Å². The summed E-state index contributed by atoms with van der Waals surface area (Å²) in [6.07, 6.45) is 6.90. The summed E-state index contributed by atoms with van der Waals surface area (Å²) in [5.41, 5.74) is 1.15. The third kappa shape index (κ3) is 9.81. The molecule has 0 aliphatic carbocycles. The molecule has 1 saturated heterocycles. The van der Waals surface area contributed by atoms with E-state index in [-0.39, 0.29) is 6.61 Å². The van der Waals surface area contributed by atoms with E-state index in [9.17, 15) is 5.11 Å². The van der Waals surface area contributed by atoms with Gasteiger partial charge >= 0.3 is 0 Å². The lowest BCUT2D eigenvalue weighted by atomic mass is 10.1. The highest BCUT2D eigenvalue weighted by atomic mass is 16.5. The van der Waals surface area contributed by atoms with Gasteiger partial charge in [-0.3, -0.25) is 0 Å². The van der Waals surface area contributed by atoms with Crippen LogP contribution < -0.4 is 14.8 Å². The fraction of sp³-hybridized carbons (Fsp3) is 0.739. The quantitative estimate of drug-likeness (QED) is 0.489. The van der Waals surface area contributed by atoms with Crippen LogP contribution >= 0.6 is 0 Å². The minimum atomic E-state index is -0.495. The Morgan fingerprint density at radius 1 is 1.10 bits per heavy atom. The molecule has 0 radical (unpaired) electrons. The van der Waals surface area contributed by atoms with E-state index in [0.29, 0.717) is 18.0 Å². The van der Waals surface area contributed by atoms with E-state index in [2.05, 4.69) is 10.2 Å². The zero-order chi connectivity index (χ0) is 20.7. The van der Waals surface area contributed by atoms with Crippen molar-refractivity contribution in [1.29, 1.82) is 0 Å². The average molecular weight is 409 g/mol. The minimum Gasteiger partial charge on any atom is -0.493 e. The van der Waals surface area contributed by atoms with E-state index in [4.69, 9.17) is 14.2 Å². The standard InChI is InChI=1S/C23H40N2O4/c1-3-28-15-9-12-24-17-20-10-11-22(23(16-20)27-2)29-19-21(26)18-25-13-7-5-4-6-8-14-25/h10-11,16,21,24,26H,3-9,12-15,17-19H2,1-2H3/t21-/m0/s1. The first-order valence-electron chi connectivity index (χ1n) is 11.2. The van der Waals surface area contributed by atoms with Crippen molar-refractivity contribution in [2.75, 3.05) is 53.1 Å². The van der Waals surface area contributed by atoms with Gasteiger partial charge in [0.05, 0.1) is 7.11 Å². The Kier molecular flexibility index (Phi) is 12.1. The maximum absolute atomic E-state index is 10.4. The van der Waals surface area contributed by atoms with Gasteiger partial charge in [0.2, 0.25) is 0 Å². The van der Waals surface area contributed by atoms with Crippen LogP contribution in [0.1, 0.15) is 51.0 Å². The molecule has 1 heterocycles. The van der Waals surface area contributed by atoms with Gasteiger partial charge in [0.1, 0.15) is 12.7 Å². The summed E-state index contributed by atoms with van der Waals surface area (Å²) < 4.78 is 16.7.